The van der Waals surface area contributed by atoms with Crippen molar-refractivity contribution in [1.82, 2.24) is 10.2 Å². The van der Waals surface area contributed by atoms with Gasteiger partial charge < -0.3 is 14.8 Å². The Balaban J connectivity index is 2.02. The molecular formula is C14H30N2O2. The minimum Gasteiger partial charge on any atom is -0.380 e. The van der Waals surface area contributed by atoms with Crippen LogP contribution in [0.5, 0.6) is 0 Å². The van der Waals surface area contributed by atoms with Gasteiger partial charge in [0.15, 0.2) is 0 Å². The summed E-state index contributed by atoms with van der Waals surface area (Å²) in [6.07, 6.45) is 2.84. The van der Waals surface area contributed by atoms with Gasteiger partial charge in [-0.2, -0.15) is 0 Å². The average Bonchev–Trinajstić information content (AvgIpc) is 3.18. The second-order valence-corrected chi connectivity index (χ2v) is 4.88. The Bertz CT molecular complexity index is 177. The molecule has 0 unspecified atom stereocenters. The Hall–Kier alpha value is -0.160. The van der Waals surface area contributed by atoms with Crippen LogP contribution in [-0.2, 0) is 9.47 Å². The third-order valence-corrected chi connectivity index (χ3v) is 3.25. The number of ether oxygens (including phenoxy) is 2. The first-order valence-corrected chi connectivity index (χ1v) is 7.45. The third-order valence-electron chi connectivity index (χ3n) is 3.25. The van der Waals surface area contributed by atoms with E-state index in [2.05, 4.69) is 10.2 Å². The van der Waals surface area contributed by atoms with Gasteiger partial charge in [-0.05, 0) is 39.2 Å². The monoisotopic (exact) mass is 258 g/mol. The molecule has 0 heterocycles. The summed E-state index contributed by atoms with van der Waals surface area (Å²) in [6, 6.07) is 0. The molecule has 1 N–H and O–H groups in total. The zero-order chi connectivity index (χ0) is 13.1. The van der Waals surface area contributed by atoms with Gasteiger partial charge in [0, 0.05) is 39.4 Å². The van der Waals surface area contributed by atoms with Crippen molar-refractivity contribution in [1.29, 1.82) is 0 Å². The van der Waals surface area contributed by atoms with Crippen LogP contribution in [0.2, 0.25) is 0 Å². The van der Waals surface area contributed by atoms with Crippen molar-refractivity contribution in [3.63, 3.8) is 0 Å². The van der Waals surface area contributed by atoms with E-state index >= 15 is 0 Å². The molecule has 0 aliphatic heterocycles. The summed E-state index contributed by atoms with van der Waals surface area (Å²) in [6.45, 7) is 12.7. The quantitative estimate of drug-likeness (QED) is 0.506. The van der Waals surface area contributed by atoms with E-state index in [1.165, 1.54) is 19.4 Å². The fraction of sp³-hybridized carbons (Fsp3) is 1.00. The van der Waals surface area contributed by atoms with Crippen molar-refractivity contribution in [2.75, 3.05) is 59.2 Å². The molecule has 1 aliphatic rings. The molecule has 0 amide bonds. The molecule has 4 heteroatoms. The van der Waals surface area contributed by atoms with Crippen LogP contribution < -0.4 is 5.32 Å². The zero-order valence-electron chi connectivity index (χ0n) is 12.1. The Labute approximate surface area is 112 Å². The van der Waals surface area contributed by atoms with Crippen LogP contribution in [0.4, 0.5) is 0 Å². The standard InChI is InChI=1S/C14H30N2O2/c1-3-17-11-9-16(10-12-18-4-2)8-7-15-13-14-5-6-14/h14-15H,3-13H2,1-2H3. The van der Waals surface area contributed by atoms with Gasteiger partial charge in [0.2, 0.25) is 0 Å². The first kappa shape index (κ1) is 15.9. The highest BCUT2D eigenvalue weighted by atomic mass is 16.5. The largest absolute Gasteiger partial charge is 0.380 e. The lowest BCUT2D eigenvalue weighted by atomic mass is 10.4. The van der Waals surface area contributed by atoms with Crippen LogP contribution in [0.15, 0.2) is 0 Å². The van der Waals surface area contributed by atoms with Crippen molar-refractivity contribution in [3.05, 3.63) is 0 Å². The summed E-state index contributed by atoms with van der Waals surface area (Å²) in [7, 11) is 0. The lowest BCUT2D eigenvalue weighted by Crippen LogP contribution is -2.37. The number of hydrogen-bond donors (Lipinski definition) is 1. The smallest absolute Gasteiger partial charge is 0.0593 e. The Kier molecular flexibility index (Phi) is 9.48. The molecule has 1 aliphatic carbocycles. The Morgan fingerprint density at radius 2 is 1.61 bits per heavy atom. The molecule has 0 bridgehead atoms. The fourth-order valence-electron chi connectivity index (χ4n) is 1.88. The second kappa shape index (κ2) is 10.7. The molecule has 0 saturated heterocycles. The van der Waals surface area contributed by atoms with Gasteiger partial charge in [-0.15, -0.1) is 0 Å². The fourth-order valence-corrected chi connectivity index (χ4v) is 1.88. The highest BCUT2D eigenvalue weighted by Gasteiger charge is 2.20. The van der Waals surface area contributed by atoms with Gasteiger partial charge >= 0.3 is 0 Å². The molecule has 1 fully saturated rings. The molecule has 0 aromatic rings. The second-order valence-electron chi connectivity index (χ2n) is 4.88. The molecule has 18 heavy (non-hydrogen) atoms. The highest BCUT2D eigenvalue weighted by molar-refractivity contribution is 4.75. The van der Waals surface area contributed by atoms with Gasteiger partial charge in [-0.25, -0.2) is 0 Å². The van der Waals surface area contributed by atoms with Crippen LogP contribution in [0.25, 0.3) is 0 Å². The molecule has 4 nitrogen and oxygen atoms in total. The summed E-state index contributed by atoms with van der Waals surface area (Å²) in [5, 5.41) is 3.54. The van der Waals surface area contributed by atoms with E-state index in [-0.39, 0.29) is 0 Å². The summed E-state index contributed by atoms with van der Waals surface area (Å²) in [5.74, 6) is 0.963. The third kappa shape index (κ3) is 8.86. The molecule has 1 saturated carbocycles. The van der Waals surface area contributed by atoms with E-state index in [1.54, 1.807) is 0 Å². The minimum atomic E-state index is 0.805. The van der Waals surface area contributed by atoms with E-state index in [0.717, 1.165) is 58.5 Å². The molecule has 0 aromatic carbocycles. The van der Waals surface area contributed by atoms with E-state index in [0.29, 0.717) is 0 Å². The van der Waals surface area contributed by atoms with Crippen LogP contribution >= 0.6 is 0 Å². The van der Waals surface area contributed by atoms with Crippen molar-refractivity contribution >= 4 is 0 Å². The molecule has 0 radical (unpaired) electrons. The maximum Gasteiger partial charge on any atom is 0.0593 e. The number of rotatable bonds is 13. The number of nitrogens with zero attached hydrogens (tertiary/aromatic N) is 1. The minimum absolute atomic E-state index is 0.805. The predicted molar refractivity (Wildman–Crippen MR) is 75.0 cm³/mol. The summed E-state index contributed by atoms with van der Waals surface area (Å²) in [5.41, 5.74) is 0. The topological polar surface area (TPSA) is 33.7 Å². The van der Waals surface area contributed by atoms with Gasteiger partial charge in [0.25, 0.3) is 0 Å². The van der Waals surface area contributed by atoms with Gasteiger partial charge in [0.05, 0.1) is 13.2 Å². The van der Waals surface area contributed by atoms with Crippen molar-refractivity contribution in [2.45, 2.75) is 26.7 Å². The van der Waals surface area contributed by atoms with E-state index < -0.39 is 0 Å². The van der Waals surface area contributed by atoms with Gasteiger partial charge in [-0.1, -0.05) is 0 Å². The molecule has 0 atom stereocenters. The predicted octanol–water partition coefficient (Wildman–Crippen LogP) is 1.36. The van der Waals surface area contributed by atoms with E-state index in [1.807, 2.05) is 13.8 Å². The molecule has 0 spiro atoms. The van der Waals surface area contributed by atoms with Crippen LogP contribution in [-0.4, -0.2) is 64.1 Å². The van der Waals surface area contributed by atoms with Crippen molar-refractivity contribution in [2.24, 2.45) is 5.92 Å². The van der Waals surface area contributed by atoms with Crippen molar-refractivity contribution < 1.29 is 9.47 Å². The lowest BCUT2D eigenvalue weighted by Gasteiger charge is -2.22. The summed E-state index contributed by atoms with van der Waals surface area (Å²) < 4.78 is 10.8. The van der Waals surface area contributed by atoms with Crippen LogP contribution in [0.1, 0.15) is 26.7 Å². The summed E-state index contributed by atoms with van der Waals surface area (Å²) in [4.78, 5) is 2.42. The van der Waals surface area contributed by atoms with Gasteiger partial charge in [0.1, 0.15) is 0 Å². The SMILES string of the molecule is CCOCCN(CCNCC1CC1)CCOCC. The van der Waals surface area contributed by atoms with Crippen molar-refractivity contribution in [3.8, 4) is 0 Å². The normalized spacial score (nSPS) is 15.5. The Morgan fingerprint density at radius 3 is 2.11 bits per heavy atom. The summed E-state index contributed by atoms with van der Waals surface area (Å²) >= 11 is 0. The van der Waals surface area contributed by atoms with Gasteiger partial charge in [-0.3, -0.25) is 4.90 Å². The maximum absolute atomic E-state index is 5.42. The average molecular weight is 258 g/mol. The molecule has 1 rings (SSSR count). The molecule has 108 valence electrons. The maximum atomic E-state index is 5.42. The number of nitrogens with one attached hydrogen (secondary N) is 1. The lowest BCUT2D eigenvalue weighted by molar-refractivity contribution is 0.0832. The first-order chi connectivity index (χ1) is 8.86. The molecule has 0 aromatic heterocycles. The first-order valence-electron chi connectivity index (χ1n) is 7.45. The molecular weight excluding hydrogens is 228 g/mol. The van der Waals surface area contributed by atoms with Crippen LogP contribution in [0, 0.1) is 5.92 Å². The van der Waals surface area contributed by atoms with E-state index in [9.17, 15) is 0 Å². The number of hydrogen-bond acceptors (Lipinski definition) is 4. The highest BCUT2D eigenvalue weighted by Crippen LogP contribution is 2.27. The van der Waals surface area contributed by atoms with Crippen LogP contribution in [0.3, 0.4) is 0 Å². The van der Waals surface area contributed by atoms with E-state index in [4.69, 9.17) is 9.47 Å². The Morgan fingerprint density at radius 1 is 1.00 bits per heavy atom. The zero-order valence-corrected chi connectivity index (χ0v) is 12.1.